The van der Waals surface area contributed by atoms with Crippen LogP contribution in [-0.4, -0.2) is 6.17 Å². The zero-order valence-electron chi connectivity index (χ0n) is 8.39. The van der Waals surface area contributed by atoms with Gasteiger partial charge in [-0.15, -0.1) is 0 Å². The molecule has 0 bridgehead atoms. The maximum atomic E-state index is 12.8. The topological polar surface area (TPSA) is 26.0 Å². The Morgan fingerprint density at radius 3 is 2.25 bits per heavy atom. The first-order valence-corrected chi connectivity index (χ1v) is 4.92. The first kappa shape index (κ1) is 11.4. The van der Waals surface area contributed by atoms with E-state index in [0.29, 0.717) is 0 Å². The molecule has 1 aliphatic carbocycles. The molecule has 5 heteroatoms. The van der Waals surface area contributed by atoms with E-state index in [4.69, 9.17) is 5.73 Å². The average Bonchev–Trinajstić information content (AvgIpc) is 2.14. The second-order valence-corrected chi connectivity index (χ2v) is 4.21. The van der Waals surface area contributed by atoms with E-state index in [0.717, 1.165) is 6.07 Å². The van der Waals surface area contributed by atoms with Crippen LogP contribution in [0.5, 0.6) is 0 Å². The van der Waals surface area contributed by atoms with E-state index in [1.165, 1.54) is 18.2 Å². The first-order chi connectivity index (χ1) is 7.33. The van der Waals surface area contributed by atoms with Gasteiger partial charge < -0.3 is 5.73 Å². The predicted octanol–water partition coefficient (Wildman–Crippen LogP) is 2.99. The highest BCUT2D eigenvalue weighted by molar-refractivity contribution is 5.37. The van der Waals surface area contributed by atoms with Gasteiger partial charge in [0, 0.05) is 18.4 Å². The zero-order chi connectivity index (χ0) is 12.0. The Balaban J connectivity index is 2.42. The fraction of sp³-hybridized carbons (Fsp3) is 0.455. The Hall–Kier alpha value is -1.10. The van der Waals surface area contributed by atoms with Crippen LogP contribution in [0, 0.1) is 0 Å². The fourth-order valence-corrected chi connectivity index (χ4v) is 2.12. The summed E-state index contributed by atoms with van der Waals surface area (Å²) in [5.74, 6) is 0. The van der Waals surface area contributed by atoms with Crippen molar-refractivity contribution < 1.29 is 17.6 Å². The maximum Gasteiger partial charge on any atom is 0.416 e. The molecule has 0 unspecified atom stereocenters. The lowest BCUT2D eigenvalue weighted by atomic mass is 9.70. The maximum absolute atomic E-state index is 12.8. The van der Waals surface area contributed by atoms with Crippen LogP contribution in [-0.2, 0) is 11.7 Å². The molecule has 1 fully saturated rings. The third-order valence-corrected chi connectivity index (χ3v) is 2.94. The molecule has 0 atom stereocenters. The van der Waals surface area contributed by atoms with Crippen LogP contribution in [0.3, 0.4) is 0 Å². The molecule has 0 spiro atoms. The molecule has 0 aromatic heterocycles. The number of benzene rings is 1. The Labute approximate surface area is 90.3 Å². The lowest BCUT2D eigenvalue weighted by Crippen LogP contribution is -2.51. The van der Waals surface area contributed by atoms with Gasteiger partial charge in [0.15, 0.2) is 0 Å². The van der Waals surface area contributed by atoms with Crippen molar-refractivity contribution in [2.24, 2.45) is 5.73 Å². The van der Waals surface area contributed by atoms with Gasteiger partial charge in [0.1, 0.15) is 6.17 Å². The van der Waals surface area contributed by atoms with Crippen molar-refractivity contribution in [2.75, 3.05) is 0 Å². The lowest BCUT2D eigenvalue weighted by molar-refractivity contribution is -0.139. The van der Waals surface area contributed by atoms with Gasteiger partial charge in [-0.3, -0.25) is 0 Å². The van der Waals surface area contributed by atoms with E-state index >= 15 is 0 Å². The summed E-state index contributed by atoms with van der Waals surface area (Å²) in [5.41, 5.74) is 3.85. The number of hydrogen-bond acceptors (Lipinski definition) is 1. The molecule has 0 radical (unpaired) electrons. The van der Waals surface area contributed by atoms with Crippen molar-refractivity contribution >= 4 is 0 Å². The van der Waals surface area contributed by atoms with Gasteiger partial charge in [0.25, 0.3) is 0 Å². The SMILES string of the molecule is NC1(c2ccccc2C(F)(F)F)CC(F)C1. The van der Waals surface area contributed by atoms with Crippen molar-refractivity contribution in [3.8, 4) is 0 Å². The first-order valence-electron chi connectivity index (χ1n) is 4.92. The molecular formula is C11H11F4N. The molecule has 1 aromatic carbocycles. The van der Waals surface area contributed by atoms with E-state index in [9.17, 15) is 17.6 Å². The summed E-state index contributed by atoms with van der Waals surface area (Å²) in [7, 11) is 0. The average molecular weight is 233 g/mol. The van der Waals surface area contributed by atoms with E-state index < -0.39 is 23.5 Å². The molecule has 0 heterocycles. The van der Waals surface area contributed by atoms with Crippen molar-refractivity contribution in [3.63, 3.8) is 0 Å². The molecule has 1 aliphatic rings. The van der Waals surface area contributed by atoms with E-state index in [-0.39, 0.29) is 18.4 Å². The minimum Gasteiger partial charge on any atom is -0.321 e. The van der Waals surface area contributed by atoms with Crippen molar-refractivity contribution in [3.05, 3.63) is 35.4 Å². The molecule has 1 aromatic rings. The number of rotatable bonds is 1. The third-order valence-electron chi connectivity index (χ3n) is 2.94. The quantitative estimate of drug-likeness (QED) is 0.741. The monoisotopic (exact) mass is 233 g/mol. The Bertz CT molecular complexity index is 393. The van der Waals surface area contributed by atoms with Crippen LogP contribution in [0.25, 0.3) is 0 Å². The smallest absolute Gasteiger partial charge is 0.321 e. The third kappa shape index (κ3) is 1.80. The van der Waals surface area contributed by atoms with Gasteiger partial charge in [0.2, 0.25) is 0 Å². The summed E-state index contributed by atoms with van der Waals surface area (Å²) in [6.45, 7) is 0. The number of nitrogens with two attached hydrogens (primary N) is 1. The molecule has 2 N–H and O–H groups in total. The predicted molar refractivity (Wildman–Crippen MR) is 51.4 cm³/mol. The van der Waals surface area contributed by atoms with Gasteiger partial charge in [0.05, 0.1) is 5.56 Å². The summed E-state index contributed by atoms with van der Waals surface area (Å²) >= 11 is 0. The van der Waals surface area contributed by atoms with Crippen LogP contribution in [0.1, 0.15) is 24.0 Å². The molecule has 1 saturated carbocycles. The van der Waals surface area contributed by atoms with Crippen LogP contribution >= 0.6 is 0 Å². The van der Waals surface area contributed by atoms with Crippen molar-refractivity contribution in [1.82, 2.24) is 0 Å². The zero-order valence-corrected chi connectivity index (χ0v) is 8.39. The Kier molecular flexibility index (Phi) is 2.45. The molecule has 0 amide bonds. The molecule has 88 valence electrons. The van der Waals surface area contributed by atoms with Gasteiger partial charge in [-0.2, -0.15) is 13.2 Å². The van der Waals surface area contributed by atoms with Crippen LogP contribution in [0.2, 0.25) is 0 Å². The van der Waals surface area contributed by atoms with Gasteiger partial charge in [-0.05, 0) is 11.6 Å². The van der Waals surface area contributed by atoms with E-state index in [1.807, 2.05) is 0 Å². The second kappa shape index (κ2) is 3.45. The van der Waals surface area contributed by atoms with Crippen molar-refractivity contribution in [1.29, 1.82) is 0 Å². The highest BCUT2D eigenvalue weighted by Crippen LogP contribution is 2.45. The van der Waals surface area contributed by atoms with Gasteiger partial charge >= 0.3 is 6.18 Å². The van der Waals surface area contributed by atoms with Gasteiger partial charge in [-0.25, -0.2) is 4.39 Å². The van der Waals surface area contributed by atoms with Crippen LogP contribution < -0.4 is 5.73 Å². The molecule has 2 rings (SSSR count). The summed E-state index contributed by atoms with van der Waals surface area (Å²) in [6, 6.07) is 5.11. The second-order valence-electron chi connectivity index (χ2n) is 4.21. The molecular weight excluding hydrogens is 222 g/mol. The van der Waals surface area contributed by atoms with Gasteiger partial charge in [-0.1, -0.05) is 18.2 Å². The standard InChI is InChI=1S/C11H11F4N/c12-7-5-10(16,6-7)8-3-1-2-4-9(8)11(13,14)15/h1-4,7H,5-6,16H2. The molecule has 16 heavy (non-hydrogen) atoms. The lowest BCUT2D eigenvalue weighted by Gasteiger charge is -2.42. The number of alkyl halides is 4. The largest absolute Gasteiger partial charge is 0.416 e. The number of halogens is 4. The van der Waals surface area contributed by atoms with Crippen LogP contribution in [0.15, 0.2) is 24.3 Å². The van der Waals surface area contributed by atoms with E-state index in [2.05, 4.69) is 0 Å². The highest BCUT2D eigenvalue weighted by atomic mass is 19.4. The number of hydrogen-bond donors (Lipinski definition) is 1. The highest BCUT2D eigenvalue weighted by Gasteiger charge is 2.47. The fourth-order valence-electron chi connectivity index (χ4n) is 2.12. The summed E-state index contributed by atoms with van der Waals surface area (Å²) in [5, 5.41) is 0. The normalized spacial score (nSPS) is 29.9. The minimum absolute atomic E-state index is 0.00333. The Morgan fingerprint density at radius 1 is 1.19 bits per heavy atom. The summed E-state index contributed by atoms with van der Waals surface area (Å²) in [4.78, 5) is 0. The van der Waals surface area contributed by atoms with E-state index in [1.54, 1.807) is 0 Å². The van der Waals surface area contributed by atoms with Crippen molar-refractivity contribution in [2.45, 2.75) is 30.7 Å². The molecule has 0 aliphatic heterocycles. The minimum atomic E-state index is -4.44. The molecule has 0 saturated heterocycles. The summed E-state index contributed by atoms with van der Waals surface area (Å²) < 4.78 is 50.8. The Morgan fingerprint density at radius 2 is 1.75 bits per heavy atom. The summed E-state index contributed by atoms with van der Waals surface area (Å²) in [6.07, 6.45) is -5.61. The van der Waals surface area contributed by atoms with Crippen LogP contribution in [0.4, 0.5) is 17.6 Å². The molecule has 1 nitrogen and oxygen atoms in total.